The van der Waals surface area contributed by atoms with Crippen molar-refractivity contribution in [3.63, 3.8) is 0 Å². The molecule has 1 aromatic carbocycles. The quantitative estimate of drug-likeness (QED) is 0.905. The van der Waals surface area contributed by atoms with E-state index < -0.39 is 5.97 Å². The second kappa shape index (κ2) is 5.30. The Balaban J connectivity index is 2.22. The highest BCUT2D eigenvalue weighted by Crippen LogP contribution is 2.28. The SMILES string of the molecule is CC(C)N(CC(=O)O)C(=O)N1CCc2ccccc21. The van der Waals surface area contributed by atoms with Crippen LogP contribution in [0.5, 0.6) is 0 Å². The number of carboxylic acid groups (broad SMARTS) is 1. The van der Waals surface area contributed by atoms with Crippen LogP contribution in [0.25, 0.3) is 0 Å². The normalized spacial score (nSPS) is 13.5. The monoisotopic (exact) mass is 262 g/mol. The molecule has 1 heterocycles. The number of urea groups is 1. The van der Waals surface area contributed by atoms with E-state index in [4.69, 9.17) is 5.11 Å². The average Bonchev–Trinajstić information content (AvgIpc) is 2.78. The second-order valence-corrected chi connectivity index (χ2v) is 4.93. The van der Waals surface area contributed by atoms with Crippen molar-refractivity contribution in [3.8, 4) is 0 Å². The first kappa shape index (κ1) is 13.4. The lowest BCUT2D eigenvalue weighted by atomic mass is 10.2. The highest BCUT2D eigenvalue weighted by molar-refractivity contribution is 5.95. The van der Waals surface area contributed by atoms with Gasteiger partial charge in [-0.3, -0.25) is 9.69 Å². The lowest BCUT2D eigenvalue weighted by Crippen LogP contribution is -2.48. The molecule has 5 heteroatoms. The summed E-state index contributed by atoms with van der Waals surface area (Å²) in [7, 11) is 0. The molecular weight excluding hydrogens is 244 g/mol. The number of amides is 2. The van der Waals surface area contributed by atoms with Gasteiger partial charge < -0.3 is 10.0 Å². The number of anilines is 1. The summed E-state index contributed by atoms with van der Waals surface area (Å²) in [5.74, 6) is -0.991. The van der Waals surface area contributed by atoms with Crippen molar-refractivity contribution < 1.29 is 14.7 Å². The van der Waals surface area contributed by atoms with Crippen LogP contribution in [0.15, 0.2) is 24.3 Å². The largest absolute Gasteiger partial charge is 0.480 e. The van der Waals surface area contributed by atoms with Crippen LogP contribution in [0.1, 0.15) is 19.4 Å². The standard InChI is InChI=1S/C14H18N2O3/c1-10(2)16(9-13(17)18)14(19)15-8-7-11-5-3-4-6-12(11)15/h3-6,10H,7-9H2,1-2H3,(H,17,18). The Bertz CT molecular complexity index is 499. The number of hydrogen-bond donors (Lipinski definition) is 1. The summed E-state index contributed by atoms with van der Waals surface area (Å²) in [6, 6.07) is 7.36. The zero-order chi connectivity index (χ0) is 14.0. The van der Waals surface area contributed by atoms with Gasteiger partial charge in [-0.05, 0) is 31.9 Å². The zero-order valence-electron chi connectivity index (χ0n) is 11.2. The van der Waals surface area contributed by atoms with E-state index in [1.165, 1.54) is 4.90 Å². The number of benzene rings is 1. The molecule has 0 aliphatic carbocycles. The Kier molecular flexibility index (Phi) is 3.74. The van der Waals surface area contributed by atoms with Gasteiger partial charge in [0.15, 0.2) is 0 Å². The van der Waals surface area contributed by atoms with Crippen LogP contribution in [0.3, 0.4) is 0 Å². The van der Waals surface area contributed by atoms with Crippen LogP contribution in [0.2, 0.25) is 0 Å². The summed E-state index contributed by atoms with van der Waals surface area (Å²) in [5, 5.41) is 8.91. The summed E-state index contributed by atoms with van der Waals surface area (Å²) >= 11 is 0. The fraction of sp³-hybridized carbons (Fsp3) is 0.429. The molecule has 2 rings (SSSR count). The number of carbonyl (C=O) groups is 2. The third kappa shape index (κ3) is 2.70. The molecule has 1 N–H and O–H groups in total. The van der Waals surface area contributed by atoms with E-state index in [-0.39, 0.29) is 18.6 Å². The fourth-order valence-electron chi connectivity index (χ4n) is 2.31. The van der Waals surface area contributed by atoms with Crippen molar-refractivity contribution >= 4 is 17.7 Å². The van der Waals surface area contributed by atoms with Gasteiger partial charge in [0.05, 0.1) is 0 Å². The molecule has 102 valence electrons. The Morgan fingerprint density at radius 2 is 2.05 bits per heavy atom. The van der Waals surface area contributed by atoms with Crippen molar-refractivity contribution in [2.75, 3.05) is 18.0 Å². The number of rotatable bonds is 3. The van der Waals surface area contributed by atoms with Gasteiger partial charge in [-0.2, -0.15) is 0 Å². The van der Waals surface area contributed by atoms with Crippen LogP contribution in [-0.2, 0) is 11.2 Å². The van der Waals surface area contributed by atoms with Gasteiger partial charge in [0.25, 0.3) is 0 Å². The Hall–Kier alpha value is -2.04. The molecule has 0 bridgehead atoms. The van der Waals surface area contributed by atoms with E-state index in [2.05, 4.69) is 0 Å². The number of hydrogen-bond acceptors (Lipinski definition) is 2. The van der Waals surface area contributed by atoms with E-state index in [0.717, 1.165) is 17.7 Å². The fourth-order valence-corrected chi connectivity index (χ4v) is 2.31. The smallest absolute Gasteiger partial charge is 0.325 e. The number of carboxylic acids is 1. The molecule has 19 heavy (non-hydrogen) atoms. The third-order valence-corrected chi connectivity index (χ3v) is 3.29. The van der Waals surface area contributed by atoms with Gasteiger partial charge in [0, 0.05) is 18.3 Å². The highest BCUT2D eigenvalue weighted by Gasteiger charge is 2.30. The van der Waals surface area contributed by atoms with E-state index in [0.29, 0.717) is 6.54 Å². The minimum Gasteiger partial charge on any atom is -0.480 e. The molecule has 1 aliphatic heterocycles. The van der Waals surface area contributed by atoms with Gasteiger partial charge in [-0.1, -0.05) is 18.2 Å². The minimum absolute atomic E-state index is 0.142. The number of fused-ring (bicyclic) bond motifs is 1. The minimum atomic E-state index is -0.991. The van der Waals surface area contributed by atoms with Crippen LogP contribution in [0, 0.1) is 0 Å². The molecule has 0 fully saturated rings. The van der Waals surface area contributed by atoms with Crippen LogP contribution in [0.4, 0.5) is 10.5 Å². The molecule has 0 unspecified atom stereocenters. The predicted molar refractivity (Wildman–Crippen MR) is 72.4 cm³/mol. The molecule has 1 aromatic rings. The van der Waals surface area contributed by atoms with Crippen LogP contribution < -0.4 is 4.90 Å². The summed E-state index contributed by atoms with van der Waals surface area (Å²) in [6.07, 6.45) is 0.820. The van der Waals surface area contributed by atoms with Crippen molar-refractivity contribution in [2.45, 2.75) is 26.3 Å². The maximum absolute atomic E-state index is 12.5. The summed E-state index contributed by atoms with van der Waals surface area (Å²) in [4.78, 5) is 26.4. The molecule has 0 radical (unpaired) electrons. The zero-order valence-corrected chi connectivity index (χ0v) is 11.2. The van der Waals surface area contributed by atoms with Crippen molar-refractivity contribution in [2.24, 2.45) is 0 Å². The molecule has 0 spiro atoms. The molecule has 2 amide bonds. The Labute approximate surface area is 112 Å². The summed E-state index contributed by atoms with van der Waals surface area (Å²) in [5.41, 5.74) is 2.03. The summed E-state index contributed by atoms with van der Waals surface area (Å²) in [6.45, 7) is 3.99. The van der Waals surface area contributed by atoms with Gasteiger partial charge in [0.2, 0.25) is 0 Å². The topological polar surface area (TPSA) is 60.9 Å². The van der Waals surface area contributed by atoms with Gasteiger partial charge >= 0.3 is 12.0 Å². The number of carbonyl (C=O) groups excluding carboxylic acids is 1. The highest BCUT2D eigenvalue weighted by atomic mass is 16.4. The summed E-state index contributed by atoms with van der Waals surface area (Å²) < 4.78 is 0. The maximum Gasteiger partial charge on any atom is 0.325 e. The first-order valence-electron chi connectivity index (χ1n) is 6.38. The second-order valence-electron chi connectivity index (χ2n) is 4.93. The first-order valence-corrected chi connectivity index (χ1v) is 6.38. The van der Waals surface area contributed by atoms with E-state index >= 15 is 0 Å². The van der Waals surface area contributed by atoms with Crippen molar-refractivity contribution in [1.82, 2.24) is 4.90 Å². The lowest BCUT2D eigenvalue weighted by Gasteiger charge is -2.30. The molecule has 0 aromatic heterocycles. The first-order chi connectivity index (χ1) is 9.00. The maximum atomic E-state index is 12.5. The third-order valence-electron chi connectivity index (χ3n) is 3.29. The molecule has 0 saturated carbocycles. The average molecular weight is 262 g/mol. The number of nitrogens with zero attached hydrogens (tertiary/aromatic N) is 2. The van der Waals surface area contributed by atoms with Gasteiger partial charge in [-0.15, -0.1) is 0 Å². The van der Waals surface area contributed by atoms with E-state index in [9.17, 15) is 9.59 Å². The molecule has 5 nitrogen and oxygen atoms in total. The molecule has 0 atom stereocenters. The van der Waals surface area contributed by atoms with E-state index in [1.54, 1.807) is 4.90 Å². The van der Waals surface area contributed by atoms with Crippen LogP contribution >= 0.6 is 0 Å². The predicted octanol–water partition coefficient (Wildman–Crippen LogP) is 1.96. The lowest BCUT2D eigenvalue weighted by molar-refractivity contribution is -0.137. The van der Waals surface area contributed by atoms with E-state index in [1.807, 2.05) is 38.1 Å². The molecular formula is C14H18N2O3. The Morgan fingerprint density at radius 3 is 2.68 bits per heavy atom. The number of para-hydroxylation sites is 1. The van der Waals surface area contributed by atoms with Crippen molar-refractivity contribution in [3.05, 3.63) is 29.8 Å². The molecule has 1 aliphatic rings. The van der Waals surface area contributed by atoms with Gasteiger partial charge in [-0.25, -0.2) is 4.79 Å². The molecule has 0 saturated heterocycles. The Morgan fingerprint density at radius 1 is 1.37 bits per heavy atom. The number of aliphatic carboxylic acids is 1. The van der Waals surface area contributed by atoms with Crippen molar-refractivity contribution in [1.29, 1.82) is 0 Å². The van der Waals surface area contributed by atoms with Crippen LogP contribution in [-0.4, -0.2) is 41.1 Å². The van der Waals surface area contributed by atoms with Gasteiger partial charge in [0.1, 0.15) is 6.54 Å².